The third-order valence-corrected chi connectivity index (χ3v) is 4.61. The standard InChI is InChI=1S/C19H16ClF4N3O2/c1-9-6-12(26-29-9)8-27(3)18(28)16-15(10(2)17(25-16)19(22,23)24)13-5-4-11(20)7-14(13)21/h4-7,25H,8H2,1-3H3. The van der Waals surface area contributed by atoms with Gasteiger partial charge in [0.25, 0.3) is 5.91 Å². The molecule has 1 N–H and O–H groups in total. The summed E-state index contributed by atoms with van der Waals surface area (Å²) >= 11 is 5.75. The predicted octanol–water partition coefficient (Wildman–Crippen LogP) is 5.37. The zero-order valence-corrected chi connectivity index (χ0v) is 16.4. The lowest BCUT2D eigenvalue weighted by Crippen LogP contribution is -2.27. The fourth-order valence-corrected chi connectivity index (χ4v) is 3.22. The van der Waals surface area contributed by atoms with E-state index in [4.69, 9.17) is 16.1 Å². The zero-order chi connectivity index (χ0) is 21.5. The summed E-state index contributed by atoms with van der Waals surface area (Å²) in [5, 5.41) is 3.85. The van der Waals surface area contributed by atoms with Gasteiger partial charge in [0, 0.05) is 29.3 Å². The second-order valence-corrected chi connectivity index (χ2v) is 7.02. The first-order valence-electron chi connectivity index (χ1n) is 8.42. The Hall–Kier alpha value is -2.81. The normalized spacial score (nSPS) is 11.7. The summed E-state index contributed by atoms with van der Waals surface area (Å²) in [6.07, 6.45) is -4.75. The van der Waals surface area contributed by atoms with Crippen molar-refractivity contribution in [2.24, 2.45) is 0 Å². The third-order valence-electron chi connectivity index (χ3n) is 4.37. The monoisotopic (exact) mass is 429 g/mol. The largest absolute Gasteiger partial charge is 0.431 e. The van der Waals surface area contributed by atoms with E-state index >= 15 is 0 Å². The van der Waals surface area contributed by atoms with E-state index in [0.717, 1.165) is 6.07 Å². The highest BCUT2D eigenvalue weighted by molar-refractivity contribution is 6.30. The Morgan fingerprint density at radius 2 is 1.97 bits per heavy atom. The van der Waals surface area contributed by atoms with Gasteiger partial charge in [0.2, 0.25) is 0 Å². The first-order chi connectivity index (χ1) is 13.5. The van der Waals surface area contributed by atoms with Crippen LogP contribution in [0.15, 0.2) is 28.8 Å². The molecule has 0 fully saturated rings. The van der Waals surface area contributed by atoms with Crippen LogP contribution in [0.1, 0.15) is 33.2 Å². The van der Waals surface area contributed by atoms with Crippen molar-refractivity contribution < 1.29 is 26.9 Å². The van der Waals surface area contributed by atoms with Crippen LogP contribution in [0.4, 0.5) is 17.6 Å². The van der Waals surface area contributed by atoms with E-state index in [9.17, 15) is 22.4 Å². The van der Waals surface area contributed by atoms with E-state index in [1.807, 2.05) is 0 Å². The van der Waals surface area contributed by atoms with E-state index in [-0.39, 0.29) is 34.0 Å². The SMILES string of the molecule is Cc1cc(CN(C)C(=O)c2[nH]c(C(F)(F)F)c(C)c2-c2ccc(Cl)cc2F)no1. The molecule has 1 amide bonds. The van der Waals surface area contributed by atoms with Crippen LogP contribution in [0.2, 0.25) is 5.02 Å². The maximum atomic E-state index is 14.5. The average molecular weight is 430 g/mol. The Morgan fingerprint density at radius 1 is 1.28 bits per heavy atom. The molecule has 0 aliphatic carbocycles. The van der Waals surface area contributed by atoms with Crippen LogP contribution in [-0.2, 0) is 12.7 Å². The number of benzene rings is 1. The van der Waals surface area contributed by atoms with Gasteiger partial charge < -0.3 is 14.4 Å². The van der Waals surface area contributed by atoms with Crippen LogP contribution in [0.25, 0.3) is 11.1 Å². The lowest BCUT2D eigenvalue weighted by atomic mass is 9.99. The van der Waals surface area contributed by atoms with Crippen LogP contribution in [-0.4, -0.2) is 28.0 Å². The number of carbonyl (C=O) groups excluding carboxylic acids is 1. The quantitative estimate of drug-likeness (QED) is 0.567. The van der Waals surface area contributed by atoms with Crippen molar-refractivity contribution >= 4 is 17.5 Å². The van der Waals surface area contributed by atoms with E-state index in [0.29, 0.717) is 11.5 Å². The molecule has 5 nitrogen and oxygen atoms in total. The third kappa shape index (κ3) is 4.14. The first kappa shape index (κ1) is 20.9. The molecule has 3 rings (SSSR count). The van der Waals surface area contributed by atoms with Gasteiger partial charge in [-0.15, -0.1) is 0 Å². The Balaban J connectivity index is 2.10. The lowest BCUT2D eigenvalue weighted by molar-refractivity contribution is -0.141. The molecule has 2 aromatic heterocycles. The number of nitrogens with zero attached hydrogens (tertiary/aromatic N) is 2. The summed E-state index contributed by atoms with van der Waals surface area (Å²) < 4.78 is 59.8. The minimum atomic E-state index is -4.75. The Morgan fingerprint density at radius 3 is 2.52 bits per heavy atom. The number of aromatic nitrogens is 2. The molecule has 0 atom stereocenters. The van der Waals surface area contributed by atoms with Crippen molar-refractivity contribution in [2.45, 2.75) is 26.6 Å². The highest BCUT2D eigenvalue weighted by atomic mass is 35.5. The number of nitrogens with one attached hydrogen (secondary N) is 1. The van der Waals surface area contributed by atoms with Gasteiger partial charge in [-0.2, -0.15) is 13.2 Å². The minimum absolute atomic E-state index is 0.00185. The lowest BCUT2D eigenvalue weighted by Gasteiger charge is -2.16. The summed E-state index contributed by atoms with van der Waals surface area (Å²) in [5.74, 6) is -1.06. The predicted molar refractivity (Wildman–Crippen MR) is 98.0 cm³/mol. The molecular weight excluding hydrogens is 414 g/mol. The van der Waals surface area contributed by atoms with Crippen LogP contribution < -0.4 is 0 Å². The number of halogens is 5. The smallest absolute Gasteiger partial charge is 0.361 e. The molecule has 1 aromatic carbocycles. The van der Waals surface area contributed by atoms with Gasteiger partial charge in [-0.25, -0.2) is 4.39 Å². The molecule has 0 aliphatic heterocycles. The topological polar surface area (TPSA) is 62.1 Å². The van der Waals surface area contributed by atoms with Crippen molar-refractivity contribution in [1.29, 1.82) is 0 Å². The van der Waals surface area contributed by atoms with E-state index in [1.54, 1.807) is 13.0 Å². The maximum Gasteiger partial charge on any atom is 0.431 e. The van der Waals surface area contributed by atoms with Gasteiger partial charge in [-0.3, -0.25) is 4.79 Å². The first-order valence-corrected chi connectivity index (χ1v) is 8.79. The Labute approximate surface area is 168 Å². The number of alkyl halides is 3. The Bertz CT molecular complexity index is 1070. The number of aryl methyl sites for hydroxylation is 1. The van der Waals surface area contributed by atoms with Crippen molar-refractivity contribution in [1.82, 2.24) is 15.0 Å². The summed E-state index contributed by atoms with van der Waals surface area (Å²) in [6.45, 7) is 2.85. The van der Waals surface area contributed by atoms with Gasteiger partial charge >= 0.3 is 6.18 Å². The second-order valence-electron chi connectivity index (χ2n) is 6.59. The zero-order valence-electron chi connectivity index (χ0n) is 15.6. The van der Waals surface area contributed by atoms with Crippen molar-refractivity contribution in [3.63, 3.8) is 0 Å². The number of amides is 1. The van der Waals surface area contributed by atoms with Crippen molar-refractivity contribution in [3.8, 4) is 11.1 Å². The summed E-state index contributed by atoms with van der Waals surface area (Å²) in [6, 6.07) is 5.17. The molecule has 0 aliphatic rings. The van der Waals surface area contributed by atoms with E-state index in [2.05, 4.69) is 10.1 Å². The van der Waals surface area contributed by atoms with Gasteiger partial charge in [0.1, 0.15) is 28.7 Å². The molecule has 154 valence electrons. The molecule has 3 aromatic rings. The number of H-pyrrole nitrogens is 1. The van der Waals surface area contributed by atoms with Crippen molar-refractivity contribution in [3.05, 3.63) is 63.5 Å². The molecular formula is C19H16ClF4N3O2. The van der Waals surface area contributed by atoms with E-state index in [1.165, 1.54) is 31.0 Å². The van der Waals surface area contributed by atoms with Gasteiger partial charge in [-0.05, 0) is 37.6 Å². The molecule has 0 saturated heterocycles. The molecule has 29 heavy (non-hydrogen) atoms. The summed E-state index contributed by atoms with van der Waals surface area (Å²) in [7, 11) is 1.40. The fraction of sp³-hybridized carbons (Fsp3) is 0.263. The van der Waals surface area contributed by atoms with Gasteiger partial charge in [0.05, 0.1) is 6.54 Å². The molecule has 0 bridgehead atoms. The average Bonchev–Trinajstić information content (AvgIpc) is 3.17. The molecule has 2 heterocycles. The highest BCUT2D eigenvalue weighted by Gasteiger charge is 2.38. The molecule has 0 radical (unpaired) electrons. The maximum absolute atomic E-state index is 14.5. The van der Waals surface area contributed by atoms with Gasteiger partial charge in [0.15, 0.2) is 0 Å². The fourth-order valence-electron chi connectivity index (χ4n) is 3.06. The number of aromatic amines is 1. The van der Waals surface area contributed by atoms with E-state index < -0.39 is 23.6 Å². The second kappa shape index (κ2) is 7.55. The summed E-state index contributed by atoms with van der Waals surface area (Å²) in [5.41, 5.74) is -1.67. The molecule has 0 unspecified atom stereocenters. The Kier molecular flexibility index (Phi) is 5.44. The molecule has 0 saturated carbocycles. The minimum Gasteiger partial charge on any atom is -0.361 e. The summed E-state index contributed by atoms with van der Waals surface area (Å²) in [4.78, 5) is 16.3. The highest BCUT2D eigenvalue weighted by Crippen LogP contribution is 2.40. The van der Waals surface area contributed by atoms with Gasteiger partial charge in [-0.1, -0.05) is 16.8 Å². The van der Waals surface area contributed by atoms with Crippen LogP contribution in [0, 0.1) is 19.7 Å². The molecule has 10 heteroatoms. The molecule has 0 spiro atoms. The number of hydrogen-bond donors (Lipinski definition) is 1. The van der Waals surface area contributed by atoms with Crippen LogP contribution in [0.3, 0.4) is 0 Å². The number of rotatable bonds is 4. The number of hydrogen-bond acceptors (Lipinski definition) is 3. The van der Waals surface area contributed by atoms with Crippen molar-refractivity contribution in [2.75, 3.05) is 7.05 Å². The van der Waals surface area contributed by atoms with Crippen LogP contribution in [0.5, 0.6) is 0 Å². The number of carbonyl (C=O) groups is 1. The van der Waals surface area contributed by atoms with Crippen LogP contribution >= 0.6 is 11.6 Å².